The Morgan fingerprint density at radius 1 is 1.23 bits per heavy atom. The van der Waals surface area contributed by atoms with Crippen LogP contribution in [0.1, 0.15) is 55.4 Å². The maximum absolute atomic E-state index is 12.5. The molecule has 0 fully saturated rings. The van der Waals surface area contributed by atoms with Crippen molar-refractivity contribution < 1.29 is 4.79 Å². The summed E-state index contributed by atoms with van der Waals surface area (Å²) in [5.74, 6) is 1.96. The van der Waals surface area contributed by atoms with Gasteiger partial charge in [0.2, 0.25) is 5.91 Å². The second kappa shape index (κ2) is 8.55. The molecule has 1 aliphatic carbocycles. The van der Waals surface area contributed by atoms with Crippen LogP contribution in [0.3, 0.4) is 0 Å². The molecule has 0 unspecified atom stereocenters. The quantitative estimate of drug-likeness (QED) is 0.526. The molecule has 1 aliphatic rings. The highest BCUT2D eigenvalue weighted by atomic mass is 32.2. The van der Waals surface area contributed by atoms with Crippen LogP contribution in [0.15, 0.2) is 29.1 Å². The van der Waals surface area contributed by atoms with Crippen molar-refractivity contribution in [1.29, 1.82) is 0 Å². The fourth-order valence-electron chi connectivity index (χ4n) is 3.73. The first kappa shape index (κ1) is 21.1. The number of fused-ring (bicyclic) bond motifs is 3. The molecule has 1 aromatic carbocycles. The van der Waals surface area contributed by atoms with Crippen molar-refractivity contribution in [3.05, 3.63) is 56.4 Å². The van der Waals surface area contributed by atoms with Gasteiger partial charge < -0.3 is 10.3 Å². The van der Waals surface area contributed by atoms with Crippen LogP contribution in [0.25, 0.3) is 10.2 Å². The highest BCUT2D eigenvalue weighted by Crippen LogP contribution is 2.34. The van der Waals surface area contributed by atoms with E-state index < -0.39 is 0 Å². The zero-order valence-electron chi connectivity index (χ0n) is 17.6. The largest absolute Gasteiger partial charge is 0.326 e. The van der Waals surface area contributed by atoms with E-state index in [1.54, 1.807) is 23.1 Å². The minimum absolute atomic E-state index is 0.00223. The molecule has 2 heterocycles. The van der Waals surface area contributed by atoms with E-state index in [1.165, 1.54) is 16.0 Å². The number of aromatic amines is 1. The molecule has 0 atom stereocenters. The zero-order chi connectivity index (χ0) is 21.3. The zero-order valence-corrected chi connectivity index (χ0v) is 19.3. The number of nitrogens with zero attached hydrogens (tertiary/aromatic N) is 1. The van der Waals surface area contributed by atoms with Crippen molar-refractivity contribution in [1.82, 2.24) is 9.97 Å². The number of aromatic nitrogens is 2. The minimum atomic E-state index is -0.0218. The van der Waals surface area contributed by atoms with Gasteiger partial charge in [0.1, 0.15) is 10.7 Å². The second-order valence-corrected chi connectivity index (χ2v) is 10.9. The Morgan fingerprint density at radius 3 is 2.73 bits per heavy atom. The number of aryl methyl sites for hydroxylation is 2. The average Bonchev–Trinajstić information content (AvgIpc) is 3.25. The van der Waals surface area contributed by atoms with Crippen molar-refractivity contribution in [2.24, 2.45) is 0 Å². The van der Waals surface area contributed by atoms with Crippen molar-refractivity contribution in [2.75, 3.05) is 11.1 Å². The molecule has 5 nitrogen and oxygen atoms in total. The van der Waals surface area contributed by atoms with Gasteiger partial charge in [-0.25, -0.2) is 4.98 Å². The highest BCUT2D eigenvalue weighted by molar-refractivity contribution is 7.98. The molecular weight excluding hydrogens is 414 g/mol. The Balaban J connectivity index is 1.28. The molecule has 1 amide bonds. The third kappa shape index (κ3) is 4.62. The average molecular weight is 442 g/mol. The van der Waals surface area contributed by atoms with E-state index in [0.717, 1.165) is 35.2 Å². The van der Waals surface area contributed by atoms with E-state index in [-0.39, 0.29) is 16.9 Å². The second-order valence-electron chi connectivity index (χ2n) is 8.73. The van der Waals surface area contributed by atoms with Gasteiger partial charge in [-0.2, -0.15) is 11.8 Å². The number of anilines is 1. The Hall–Kier alpha value is -2.12. The van der Waals surface area contributed by atoms with Gasteiger partial charge in [-0.3, -0.25) is 9.59 Å². The number of nitrogens with one attached hydrogen (secondary N) is 2. The molecule has 158 valence electrons. The number of amides is 1. The number of H-pyrrole nitrogens is 1. The van der Waals surface area contributed by atoms with Gasteiger partial charge >= 0.3 is 0 Å². The van der Waals surface area contributed by atoms with Gasteiger partial charge in [0.15, 0.2) is 0 Å². The molecule has 0 saturated carbocycles. The molecule has 0 radical (unpaired) electrons. The van der Waals surface area contributed by atoms with E-state index in [0.29, 0.717) is 23.8 Å². The van der Waals surface area contributed by atoms with Crippen LogP contribution < -0.4 is 10.9 Å². The minimum Gasteiger partial charge on any atom is -0.326 e. The fraction of sp³-hybridized carbons (Fsp3) is 0.435. The third-order valence-corrected chi connectivity index (χ3v) is 7.53. The lowest BCUT2D eigenvalue weighted by Crippen LogP contribution is -2.14. The van der Waals surface area contributed by atoms with Crippen LogP contribution in [-0.2, 0) is 28.8 Å². The first-order valence-electron chi connectivity index (χ1n) is 10.3. The van der Waals surface area contributed by atoms with Crippen molar-refractivity contribution in [2.45, 2.75) is 57.6 Å². The predicted molar refractivity (Wildman–Crippen MR) is 127 cm³/mol. The van der Waals surface area contributed by atoms with Gasteiger partial charge in [0.05, 0.1) is 11.1 Å². The lowest BCUT2D eigenvalue weighted by atomic mass is 9.87. The number of rotatable bonds is 6. The lowest BCUT2D eigenvalue weighted by molar-refractivity contribution is -0.115. The first-order chi connectivity index (χ1) is 14.3. The van der Waals surface area contributed by atoms with Gasteiger partial charge in [0, 0.05) is 22.7 Å². The number of hydrogen-bond acceptors (Lipinski definition) is 5. The molecule has 0 aliphatic heterocycles. The summed E-state index contributed by atoms with van der Waals surface area (Å²) in [6.45, 7) is 6.51. The molecule has 0 spiro atoms. The summed E-state index contributed by atoms with van der Waals surface area (Å²) in [6, 6.07) is 8.02. The molecule has 0 saturated heterocycles. The summed E-state index contributed by atoms with van der Waals surface area (Å²) >= 11 is 3.27. The summed E-state index contributed by atoms with van der Waals surface area (Å²) in [5, 5.41) is 3.74. The van der Waals surface area contributed by atoms with Crippen molar-refractivity contribution >= 4 is 44.9 Å². The van der Waals surface area contributed by atoms with E-state index >= 15 is 0 Å². The summed E-state index contributed by atoms with van der Waals surface area (Å²) in [6.07, 6.45) is 3.61. The molecule has 3 aromatic rings. The van der Waals surface area contributed by atoms with Crippen LogP contribution >= 0.6 is 23.1 Å². The Morgan fingerprint density at radius 2 is 2.00 bits per heavy atom. The van der Waals surface area contributed by atoms with E-state index in [2.05, 4.69) is 48.2 Å². The fourth-order valence-corrected chi connectivity index (χ4v) is 5.81. The summed E-state index contributed by atoms with van der Waals surface area (Å²) in [7, 11) is 0. The molecule has 0 bridgehead atoms. The van der Waals surface area contributed by atoms with Crippen molar-refractivity contribution in [3.8, 4) is 0 Å². The molecule has 4 rings (SSSR count). The van der Waals surface area contributed by atoms with Crippen LogP contribution in [0.2, 0.25) is 0 Å². The SMILES string of the molecule is CC(C)(C)c1ccc(NC(=O)CCSCc2nc3sc4c(c3c(=O)[nH]2)CCC4)cc1. The van der Waals surface area contributed by atoms with Crippen LogP contribution in [0.4, 0.5) is 5.69 Å². The van der Waals surface area contributed by atoms with E-state index in [9.17, 15) is 9.59 Å². The van der Waals surface area contributed by atoms with Crippen LogP contribution in [-0.4, -0.2) is 21.6 Å². The normalized spacial score (nSPS) is 13.6. The van der Waals surface area contributed by atoms with Crippen LogP contribution in [0.5, 0.6) is 0 Å². The number of thioether (sulfide) groups is 1. The van der Waals surface area contributed by atoms with Gasteiger partial charge in [-0.1, -0.05) is 32.9 Å². The topological polar surface area (TPSA) is 74.8 Å². The van der Waals surface area contributed by atoms with Crippen molar-refractivity contribution in [3.63, 3.8) is 0 Å². The van der Waals surface area contributed by atoms with E-state index in [1.807, 2.05) is 12.1 Å². The maximum Gasteiger partial charge on any atom is 0.259 e. The Bertz CT molecular complexity index is 1120. The number of carbonyl (C=O) groups is 1. The van der Waals surface area contributed by atoms with Gasteiger partial charge in [0.25, 0.3) is 5.56 Å². The molecular formula is C23H27N3O2S2. The summed E-state index contributed by atoms with van der Waals surface area (Å²) in [4.78, 5) is 34.5. The first-order valence-corrected chi connectivity index (χ1v) is 12.3. The van der Waals surface area contributed by atoms with Gasteiger partial charge in [-0.05, 0) is 47.9 Å². The molecule has 30 heavy (non-hydrogen) atoms. The smallest absolute Gasteiger partial charge is 0.259 e. The lowest BCUT2D eigenvalue weighted by Gasteiger charge is -2.19. The monoisotopic (exact) mass is 441 g/mol. The van der Waals surface area contributed by atoms with Gasteiger partial charge in [-0.15, -0.1) is 11.3 Å². The molecule has 7 heteroatoms. The number of hydrogen-bond donors (Lipinski definition) is 2. The standard InChI is InChI=1S/C23H27N3O2S2/c1-23(2,3)14-7-9-15(10-8-14)24-19(27)11-12-29-13-18-25-21(28)20-16-5-4-6-17(16)30-22(20)26-18/h7-10H,4-6,11-13H2,1-3H3,(H,24,27)(H,25,26,28). The Labute approximate surface area is 184 Å². The Kier molecular flexibility index (Phi) is 6.02. The third-order valence-electron chi connectivity index (χ3n) is 5.37. The predicted octanol–water partition coefficient (Wildman–Crippen LogP) is 5.03. The molecule has 2 aromatic heterocycles. The molecule has 2 N–H and O–H groups in total. The van der Waals surface area contributed by atoms with Crippen LogP contribution in [0, 0.1) is 0 Å². The summed E-state index contributed by atoms with van der Waals surface area (Å²) < 4.78 is 0. The van der Waals surface area contributed by atoms with E-state index in [4.69, 9.17) is 0 Å². The maximum atomic E-state index is 12.5. The number of carbonyl (C=O) groups excluding carboxylic acids is 1. The summed E-state index contributed by atoms with van der Waals surface area (Å²) in [5.41, 5.74) is 3.34. The highest BCUT2D eigenvalue weighted by Gasteiger charge is 2.21. The number of thiophene rings is 1. The number of benzene rings is 1.